The van der Waals surface area contributed by atoms with E-state index in [9.17, 15) is 14.4 Å². The summed E-state index contributed by atoms with van der Waals surface area (Å²) in [6, 6.07) is 22.0. The normalized spacial score (nSPS) is 14.0. The van der Waals surface area contributed by atoms with Gasteiger partial charge in [-0.3, -0.25) is 0 Å². The minimum atomic E-state index is -0.686. The minimum absolute atomic E-state index is 0.0598. The second-order valence-electron chi connectivity index (χ2n) is 10.7. The van der Waals surface area contributed by atoms with Gasteiger partial charge in [0, 0.05) is 27.6 Å². The molecule has 2 N–H and O–H groups in total. The number of carbonyl (C=O) groups excluding carboxylic acids is 1. The molecule has 0 bridgehead atoms. The highest BCUT2D eigenvalue weighted by Gasteiger charge is 2.32. The molecule has 0 fully saturated rings. The van der Waals surface area contributed by atoms with Crippen LogP contribution >= 0.6 is 11.6 Å². The lowest BCUT2D eigenvalue weighted by molar-refractivity contribution is 0.0702. The fourth-order valence-corrected chi connectivity index (χ4v) is 5.53. The predicted molar refractivity (Wildman–Crippen MR) is 170 cm³/mol. The number of hydrogen-bond acceptors (Lipinski definition) is 8. The molecule has 10 heteroatoms. The van der Waals surface area contributed by atoms with Gasteiger partial charge in [0.05, 0.1) is 12.5 Å². The van der Waals surface area contributed by atoms with Crippen molar-refractivity contribution in [2.24, 2.45) is 5.73 Å². The Hall–Kier alpha value is -5.46. The summed E-state index contributed by atoms with van der Waals surface area (Å²) >= 11 is 6.28. The first-order valence-corrected chi connectivity index (χ1v) is 14.8. The van der Waals surface area contributed by atoms with E-state index in [1.165, 1.54) is 12.1 Å². The number of aryl methyl sites for hydroxylation is 2. The van der Waals surface area contributed by atoms with Crippen LogP contribution in [0.2, 0.25) is 5.02 Å². The van der Waals surface area contributed by atoms with Gasteiger partial charge < -0.3 is 29.1 Å². The van der Waals surface area contributed by atoms with Crippen molar-refractivity contribution < 1.29 is 32.5 Å². The number of fused-ring (bicyclic) bond motifs is 2. The Morgan fingerprint density at radius 3 is 2.54 bits per heavy atom. The third kappa shape index (κ3) is 5.83. The van der Waals surface area contributed by atoms with Gasteiger partial charge in [0.15, 0.2) is 11.5 Å². The molecule has 46 heavy (non-hydrogen) atoms. The van der Waals surface area contributed by atoms with Crippen molar-refractivity contribution in [2.45, 2.75) is 33.3 Å². The summed E-state index contributed by atoms with van der Waals surface area (Å²) in [7, 11) is 0. The molecule has 0 amide bonds. The van der Waals surface area contributed by atoms with Crippen molar-refractivity contribution >= 4 is 28.5 Å². The Morgan fingerprint density at radius 2 is 1.80 bits per heavy atom. The van der Waals surface area contributed by atoms with Gasteiger partial charge in [0.25, 0.3) is 0 Å². The summed E-state index contributed by atoms with van der Waals surface area (Å²) in [5.74, 6) is -0.152. The van der Waals surface area contributed by atoms with E-state index < -0.39 is 11.9 Å². The van der Waals surface area contributed by atoms with Gasteiger partial charge in [-0.1, -0.05) is 35.9 Å². The van der Waals surface area contributed by atoms with E-state index in [1.54, 1.807) is 61.5 Å². The molecule has 5 aromatic rings. The minimum Gasteiger partial charge on any atom is -0.490 e. The average Bonchev–Trinajstić information content (AvgIpc) is 3.35. The predicted octanol–water partition coefficient (Wildman–Crippen LogP) is 8.26. The lowest BCUT2D eigenvalue weighted by Gasteiger charge is -2.27. The van der Waals surface area contributed by atoms with E-state index in [4.69, 9.17) is 40.7 Å². The Morgan fingerprint density at radius 1 is 1.02 bits per heavy atom. The molecule has 0 spiro atoms. The first-order chi connectivity index (χ1) is 22.2. The number of esters is 1. The highest BCUT2D eigenvalue weighted by atomic mass is 35.5. The van der Waals surface area contributed by atoms with Gasteiger partial charge >= 0.3 is 5.97 Å². The molecule has 2 heterocycles. The van der Waals surface area contributed by atoms with Gasteiger partial charge in [0.2, 0.25) is 11.6 Å². The Balaban J connectivity index is 1.29. The molecule has 0 aliphatic carbocycles. The van der Waals surface area contributed by atoms with Gasteiger partial charge in [-0.2, -0.15) is 5.26 Å². The first kappa shape index (κ1) is 30.6. The van der Waals surface area contributed by atoms with Gasteiger partial charge in [0.1, 0.15) is 41.1 Å². The zero-order chi connectivity index (χ0) is 32.5. The molecule has 6 rings (SSSR count). The number of hydrogen-bond donors (Lipinski definition) is 1. The number of allylic oxidation sites excluding steroid dienone is 1. The smallest absolute Gasteiger partial charge is 0.379 e. The van der Waals surface area contributed by atoms with E-state index >= 15 is 0 Å². The number of nitrogens with two attached hydrogens (primary N) is 1. The number of ether oxygens (including phenoxy) is 4. The van der Waals surface area contributed by atoms with Crippen LogP contribution in [0, 0.1) is 31.0 Å². The number of halogens is 2. The average molecular weight is 639 g/mol. The maximum absolute atomic E-state index is 13.3. The van der Waals surface area contributed by atoms with Crippen LogP contribution in [0.5, 0.6) is 23.0 Å². The van der Waals surface area contributed by atoms with Crippen LogP contribution in [-0.2, 0) is 6.61 Å². The van der Waals surface area contributed by atoms with Crippen LogP contribution in [0.1, 0.15) is 51.2 Å². The second-order valence-corrected chi connectivity index (χ2v) is 11.1. The summed E-state index contributed by atoms with van der Waals surface area (Å²) in [4.78, 5) is 13.2. The summed E-state index contributed by atoms with van der Waals surface area (Å²) in [6.45, 7) is 6.05. The largest absolute Gasteiger partial charge is 0.490 e. The Bertz CT molecular complexity index is 2060. The number of rotatable bonds is 8. The summed E-state index contributed by atoms with van der Waals surface area (Å²) < 4.78 is 42.5. The quantitative estimate of drug-likeness (QED) is 0.133. The van der Waals surface area contributed by atoms with E-state index in [0.29, 0.717) is 51.2 Å². The van der Waals surface area contributed by atoms with Gasteiger partial charge in [-0.25, -0.2) is 9.18 Å². The molecule has 0 saturated carbocycles. The molecule has 8 nitrogen and oxygen atoms in total. The van der Waals surface area contributed by atoms with Gasteiger partial charge in [-0.15, -0.1) is 0 Å². The maximum Gasteiger partial charge on any atom is 0.379 e. The van der Waals surface area contributed by atoms with Crippen molar-refractivity contribution in [3.63, 3.8) is 0 Å². The lowest BCUT2D eigenvalue weighted by atomic mass is 9.83. The monoisotopic (exact) mass is 638 g/mol. The summed E-state index contributed by atoms with van der Waals surface area (Å²) in [6.07, 6.45) is 0. The molecule has 1 aliphatic rings. The fraction of sp³-hybridized carbons (Fsp3) is 0.167. The number of benzene rings is 4. The van der Waals surface area contributed by atoms with Crippen LogP contribution in [0.25, 0.3) is 11.0 Å². The number of nitrogens with zero attached hydrogens (tertiary/aromatic N) is 1. The van der Waals surface area contributed by atoms with E-state index in [-0.39, 0.29) is 35.4 Å². The molecule has 0 saturated heterocycles. The van der Waals surface area contributed by atoms with Crippen LogP contribution in [-0.4, -0.2) is 12.6 Å². The number of nitriles is 1. The summed E-state index contributed by atoms with van der Waals surface area (Å²) in [5, 5.41) is 11.3. The SMILES string of the molecule is CCOc1cc(C2C(C#N)=C(N)Oc3cc(OC(=O)c4oc5cc(C)c(Cl)cc5c4C)ccc32)ccc1OCc1ccc(F)cc1. The Labute approximate surface area is 269 Å². The van der Waals surface area contributed by atoms with Gasteiger partial charge in [-0.05, 0) is 79.9 Å². The third-order valence-electron chi connectivity index (χ3n) is 7.71. The Kier molecular flexibility index (Phi) is 8.31. The van der Waals surface area contributed by atoms with Crippen LogP contribution in [0.3, 0.4) is 0 Å². The highest BCUT2D eigenvalue weighted by molar-refractivity contribution is 6.32. The molecule has 0 radical (unpaired) electrons. The fourth-order valence-electron chi connectivity index (χ4n) is 5.37. The third-order valence-corrected chi connectivity index (χ3v) is 8.12. The molecule has 1 unspecified atom stereocenters. The van der Waals surface area contributed by atoms with Crippen molar-refractivity contribution in [1.82, 2.24) is 0 Å². The number of furan rings is 1. The second kappa shape index (κ2) is 12.5. The molecule has 1 aliphatic heterocycles. The summed E-state index contributed by atoms with van der Waals surface area (Å²) in [5.41, 5.74) is 10.5. The highest BCUT2D eigenvalue weighted by Crippen LogP contribution is 2.45. The maximum atomic E-state index is 13.3. The van der Waals surface area contributed by atoms with Crippen molar-refractivity contribution in [2.75, 3.05) is 6.61 Å². The molecule has 232 valence electrons. The molecular weight excluding hydrogens is 611 g/mol. The van der Waals surface area contributed by atoms with Crippen LogP contribution < -0.4 is 24.7 Å². The van der Waals surface area contributed by atoms with Crippen molar-refractivity contribution in [3.05, 3.63) is 129 Å². The van der Waals surface area contributed by atoms with E-state index in [1.807, 2.05) is 19.9 Å². The zero-order valence-corrected chi connectivity index (χ0v) is 25.9. The van der Waals surface area contributed by atoms with Crippen LogP contribution in [0.4, 0.5) is 4.39 Å². The lowest BCUT2D eigenvalue weighted by Crippen LogP contribution is -2.21. The van der Waals surface area contributed by atoms with Crippen molar-refractivity contribution in [3.8, 4) is 29.1 Å². The standard InChI is InChI=1S/C36H28ClFN2O6/c1-4-42-32-14-22(7-12-29(32)43-18-21-5-8-23(38)9-6-21)33-25-11-10-24(15-31(25)46-35(40)27(33)17-39)44-36(41)34-20(3)26-16-28(37)19(2)13-30(26)45-34/h5-16,33H,4,18,40H2,1-3H3. The first-order valence-electron chi connectivity index (χ1n) is 14.4. The topological polar surface area (TPSA) is 117 Å². The molecule has 4 aromatic carbocycles. The molecule has 1 aromatic heterocycles. The van der Waals surface area contributed by atoms with Crippen molar-refractivity contribution in [1.29, 1.82) is 5.26 Å². The van der Waals surface area contributed by atoms with Crippen LogP contribution in [0.15, 0.2) is 88.7 Å². The van der Waals surface area contributed by atoms with E-state index in [2.05, 4.69) is 6.07 Å². The molecular formula is C36H28ClFN2O6. The van der Waals surface area contributed by atoms with E-state index in [0.717, 1.165) is 16.5 Å². The zero-order valence-electron chi connectivity index (χ0n) is 25.1. The molecule has 1 atom stereocenters. The number of carbonyl (C=O) groups is 1.